The third-order valence-corrected chi connectivity index (χ3v) is 6.02. The Kier molecular flexibility index (Phi) is 7.75. The molecule has 2 atom stereocenters. The first-order valence-corrected chi connectivity index (χ1v) is 11.1. The van der Waals surface area contributed by atoms with Gasteiger partial charge in [-0.1, -0.05) is 42.8 Å². The first-order chi connectivity index (χ1) is 14.5. The molecule has 0 saturated heterocycles. The maximum absolute atomic E-state index is 12.8. The third kappa shape index (κ3) is 5.76. The Labute approximate surface area is 183 Å². The summed E-state index contributed by atoms with van der Waals surface area (Å²) in [5.74, 6) is -0.0238. The Hall–Kier alpha value is -2.53. The minimum atomic E-state index is -0.206. The van der Waals surface area contributed by atoms with Crippen LogP contribution in [0.25, 0.3) is 0 Å². The molecule has 6 heteroatoms. The SMILES string of the molecule is CC[C@@H](C)N(CCC(=O)N[C@H]1CCCc2ccccc21)C(=O)Nc1ccc(Cl)cc1. The largest absolute Gasteiger partial charge is 0.349 e. The summed E-state index contributed by atoms with van der Waals surface area (Å²) in [6, 6.07) is 15.2. The highest BCUT2D eigenvalue weighted by molar-refractivity contribution is 6.30. The second-order valence-corrected chi connectivity index (χ2v) is 8.29. The fourth-order valence-electron chi connectivity index (χ4n) is 3.86. The van der Waals surface area contributed by atoms with Crippen molar-refractivity contribution in [1.29, 1.82) is 0 Å². The molecule has 0 saturated carbocycles. The van der Waals surface area contributed by atoms with Crippen LogP contribution in [-0.2, 0) is 11.2 Å². The average molecular weight is 428 g/mol. The quantitative estimate of drug-likeness (QED) is 0.607. The van der Waals surface area contributed by atoms with E-state index in [9.17, 15) is 9.59 Å². The summed E-state index contributed by atoms with van der Waals surface area (Å²) in [6.45, 7) is 4.40. The summed E-state index contributed by atoms with van der Waals surface area (Å²) < 4.78 is 0. The van der Waals surface area contributed by atoms with Gasteiger partial charge in [0.15, 0.2) is 0 Å². The van der Waals surface area contributed by atoms with Gasteiger partial charge in [0.2, 0.25) is 5.91 Å². The molecular weight excluding hydrogens is 398 g/mol. The molecule has 1 aliphatic carbocycles. The van der Waals surface area contributed by atoms with Gasteiger partial charge in [-0.25, -0.2) is 4.79 Å². The number of hydrogen-bond acceptors (Lipinski definition) is 2. The first kappa shape index (κ1) is 22.2. The van der Waals surface area contributed by atoms with Crippen molar-refractivity contribution < 1.29 is 9.59 Å². The van der Waals surface area contributed by atoms with Gasteiger partial charge < -0.3 is 15.5 Å². The van der Waals surface area contributed by atoms with Crippen LogP contribution < -0.4 is 10.6 Å². The predicted octanol–water partition coefficient (Wildman–Crippen LogP) is 5.56. The fourth-order valence-corrected chi connectivity index (χ4v) is 3.99. The molecule has 1 aliphatic rings. The molecule has 5 nitrogen and oxygen atoms in total. The zero-order chi connectivity index (χ0) is 21.5. The lowest BCUT2D eigenvalue weighted by molar-refractivity contribution is -0.122. The van der Waals surface area contributed by atoms with Crippen molar-refractivity contribution in [2.24, 2.45) is 0 Å². The summed E-state index contributed by atoms with van der Waals surface area (Å²) in [6.07, 6.45) is 4.18. The molecule has 160 valence electrons. The zero-order valence-electron chi connectivity index (χ0n) is 17.7. The molecule has 3 amide bonds. The van der Waals surface area contributed by atoms with E-state index in [0.29, 0.717) is 17.3 Å². The molecule has 0 aliphatic heterocycles. The summed E-state index contributed by atoms with van der Waals surface area (Å²) in [4.78, 5) is 27.2. The van der Waals surface area contributed by atoms with Crippen molar-refractivity contribution >= 4 is 29.2 Å². The van der Waals surface area contributed by atoms with Gasteiger partial charge in [0.1, 0.15) is 0 Å². The van der Waals surface area contributed by atoms with Crippen molar-refractivity contribution in [3.05, 3.63) is 64.7 Å². The van der Waals surface area contributed by atoms with Gasteiger partial charge in [0.05, 0.1) is 6.04 Å². The highest BCUT2D eigenvalue weighted by atomic mass is 35.5. The zero-order valence-corrected chi connectivity index (χ0v) is 18.4. The van der Waals surface area contributed by atoms with Crippen LogP contribution in [0.15, 0.2) is 48.5 Å². The number of aryl methyl sites for hydroxylation is 1. The molecule has 2 N–H and O–H groups in total. The van der Waals surface area contributed by atoms with E-state index in [2.05, 4.69) is 22.8 Å². The Morgan fingerprint density at radius 1 is 1.17 bits per heavy atom. The number of urea groups is 1. The number of rotatable bonds is 7. The number of carbonyl (C=O) groups excluding carboxylic acids is 2. The highest BCUT2D eigenvalue weighted by Crippen LogP contribution is 2.29. The lowest BCUT2D eigenvalue weighted by atomic mass is 9.87. The number of hydrogen-bond donors (Lipinski definition) is 2. The Balaban J connectivity index is 1.58. The lowest BCUT2D eigenvalue weighted by Crippen LogP contribution is -2.43. The van der Waals surface area contributed by atoms with E-state index < -0.39 is 0 Å². The van der Waals surface area contributed by atoms with E-state index in [1.54, 1.807) is 29.2 Å². The van der Waals surface area contributed by atoms with E-state index >= 15 is 0 Å². The van der Waals surface area contributed by atoms with Crippen LogP contribution in [0.2, 0.25) is 5.02 Å². The van der Waals surface area contributed by atoms with Gasteiger partial charge in [-0.15, -0.1) is 0 Å². The number of halogens is 1. The number of carbonyl (C=O) groups is 2. The molecule has 2 aromatic rings. The number of amides is 3. The summed E-state index contributed by atoms with van der Waals surface area (Å²) in [5, 5.41) is 6.69. The summed E-state index contributed by atoms with van der Waals surface area (Å²) in [5.41, 5.74) is 3.22. The van der Waals surface area contributed by atoms with E-state index in [4.69, 9.17) is 11.6 Å². The second kappa shape index (κ2) is 10.5. The molecule has 0 bridgehead atoms. The predicted molar refractivity (Wildman–Crippen MR) is 122 cm³/mol. The van der Waals surface area contributed by atoms with Gasteiger partial charge in [-0.2, -0.15) is 0 Å². The van der Waals surface area contributed by atoms with Crippen LogP contribution in [0.3, 0.4) is 0 Å². The van der Waals surface area contributed by atoms with Crippen LogP contribution in [0.5, 0.6) is 0 Å². The Bertz CT molecular complexity index is 869. The molecule has 0 radical (unpaired) electrons. The number of nitrogens with zero attached hydrogens (tertiary/aromatic N) is 1. The first-order valence-electron chi connectivity index (χ1n) is 10.7. The van der Waals surface area contributed by atoms with Crippen LogP contribution in [0, 0.1) is 0 Å². The maximum Gasteiger partial charge on any atom is 0.322 e. The maximum atomic E-state index is 12.8. The van der Waals surface area contributed by atoms with Gasteiger partial charge >= 0.3 is 6.03 Å². The van der Waals surface area contributed by atoms with Crippen molar-refractivity contribution in [3.8, 4) is 0 Å². The molecule has 0 unspecified atom stereocenters. The average Bonchev–Trinajstić information content (AvgIpc) is 2.75. The lowest BCUT2D eigenvalue weighted by Gasteiger charge is -2.30. The van der Waals surface area contributed by atoms with Crippen LogP contribution >= 0.6 is 11.6 Å². The number of fused-ring (bicyclic) bond motifs is 1. The van der Waals surface area contributed by atoms with Gasteiger partial charge in [0.25, 0.3) is 0 Å². The van der Waals surface area contributed by atoms with E-state index in [0.717, 1.165) is 25.7 Å². The van der Waals surface area contributed by atoms with E-state index in [-0.39, 0.29) is 30.4 Å². The van der Waals surface area contributed by atoms with Gasteiger partial charge in [-0.05, 0) is 68.0 Å². The van der Waals surface area contributed by atoms with Gasteiger partial charge in [0, 0.05) is 29.7 Å². The van der Waals surface area contributed by atoms with Crippen molar-refractivity contribution in [3.63, 3.8) is 0 Å². The summed E-state index contributed by atoms with van der Waals surface area (Å²) in [7, 11) is 0. The normalized spacial score (nSPS) is 16.3. The molecule has 0 aromatic heterocycles. The minimum Gasteiger partial charge on any atom is -0.349 e. The fraction of sp³-hybridized carbons (Fsp3) is 0.417. The molecule has 0 heterocycles. The second-order valence-electron chi connectivity index (χ2n) is 7.85. The number of nitrogens with one attached hydrogen (secondary N) is 2. The molecule has 0 fully saturated rings. The Morgan fingerprint density at radius 3 is 2.63 bits per heavy atom. The van der Waals surface area contributed by atoms with Crippen LogP contribution in [0.1, 0.15) is 56.7 Å². The number of anilines is 1. The third-order valence-electron chi connectivity index (χ3n) is 5.76. The standard InChI is InChI=1S/C24H30ClN3O2/c1-3-17(2)28(24(30)26-20-13-11-19(25)12-14-20)16-15-23(29)27-22-10-6-8-18-7-4-5-9-21(18)22/h4-5,7,9,11-14,17,22H,3,6,8,10,15-16H2,1-2H3,(H,26,30)(H,27,29)/t17-,22+/m1/s1. The van der Waals surface area contributed by atoms with E-state index in [1.807, 2.05) is 26.0 Å². The number of benzene rings is 2. The topological polar surface area (TPSA) is 61.4 Å². The van der Waals surface area contributed by atoms with Crippen LogP contribution in [0.4, 0.5) is 10.5 Å². The van der Waals surface area contributed by atoms with Crippen molar-refractivity contribution in [1.82, 2.24) is 10.2 Å². The van der Waals surface area contributed by atoms with Gasteiger partial charge in [-0.3, -0.25) is 4.79 Å². The monoisotopic (exact) mass is 427 g/mol. The molecule has 3 rings (SSSR count). The minimum absolute atomic E-state index is 0.0238. The Morgan fingerprint density at radius 2 is 1.90 bits per heavy atom. The molecule has 30 heavy (non-hydrogen) atoms. The molecule has 0 spiro atoms. The molecular formula is C24H30ClN3O2. The smallest absolute Gasteiger partial charge is 0.322 e. The van der Waals surface area contributed by atoms with E-state index in [1.165, 1.54) is 11.1 Å². The van der Waals surface area contributed by atoms with Crippen molar-refractivity contribution in [2.45, 2.75) is 58.0 Å². The summed E-state index contributed by atoms with van der Waals surface area (Å²) >= 11 is 5.91. The highest BCUT2D eigenvalue weighted by Gasteiger charge is 2.23. The van der Waals surface area contributed by atoms with Crippen molar-refractivity contribution in [2.75, 3.05) is 11.9 Å². The molecule has 2 aromatic carbocycles. The van der Waals surface area contributed by atoms with Crippen LogP contribution in [-0.4, -0.2) is 29.4 Å².